The Labute approximate surface area is 191 Å². The van der Waals surface area contributed by atoms with Crippen molar-refractivity contribution in [3.63, 3.8) is 0 Å². The second kappa shape index (κ2) is 10.7. The van der Waals surface area contributed by atoms with Crippen LogP contribution in [-0.4, -0.2) is 45.5 Å². The molecule has 9 heteroatoms. The molecule has 0 radical (unpaired) electrons. The molecule has 0 atom stereocenters. The minimum absolute atomic E-state index is 0.0925. The molecular formula is C24H25N7O2. The molecule has 3 aromatic rings. The monoisotopic (exact) mass is 443 g/mol. The average Bonchev–Trinajstić information content (AvgIpc) is 2.83. The molecular weight excluding hydrogens is 418 g/mol. The normalized spacial score (nSPS) is 10.3. The van der Waals surface area contributed by atoms with E-state index in [4.69, 9.17) is 16.9 Å². The van der Waals surface area contributed by atoms with Crippen LogP contribution in [-0.2, 0) is 11.3 Å². The zero-order chi connectivity index (χ0) is 23.8. The summed E-state index contributed by atoms with van der Waals surface area (Å²) < 4.78 is 0. The summed E-state index contributed by atoms with van der Waals surface area (Å²) in [7, 11) is 0. The molecule has 0 aliphatic rings. The largest absolute Gasteiger partial charge is 0.383 e. The van der Waals surface area contributed by atoms with Gasteiger partial charge in [-0.2, -0.15) is 0 Å². The zero-order valence-corrected chi connectivity index (χ0v) is 18.0. The van der Waals surface area contributed by atoms with Crippen molar-refractivity contribution in [3.8, 4) is 0 Å². The van der Waals surface area contributed by atoms with Crippen LogP contribution in [0.25, 0.3) is 0 Å². The molecule has 0 spiro atoms. The van der Waals surface area contributed by atoms with E-state index in [-0.39, 0.29) is 17.4 Å². The number of hydrogen-bond acceptors (Lipinski definition) is 7. The highest BCUT2D eigenvalue weighted by Gasteiger charge is 2.17. The van der Waals surface area contributed by atoms with E-state index < -0.39 is 5.91 Å². The summed E-state index contributed by atoms with van der Waals surface area (Å²) >= 11 is 0. The van der Waals surface area contributed by atoms with Crippen molar-refractivity contribution >= 4 is 29.2 Å². The predicted octanol–water partition coefficient (Wildman–Crippen LogP) is 2.20. The highest BCUT2D eigenvalue weighted by atomic mass is 16.2. The van der Waals surface area contributed by atoms with Gasteiger partial charge in [-0.25, -0.2) is 9.97 Å². The maximum atomic E-state index is 12.3. The number of amides is 2. The molecule has 2 amide bonds. The summed E-state index contributed by atoms with van der Waals surface area (Å²) in [5.41, 5.74) is 13.6. The lowest BCUT2D eigenvalue weighted by Crippen LogP contribution is -2.33. The molecule has 0 aliphatic carbocycles. The van der Waals surface area contributed by atoms with Crippen LogP contribution >= 0.6 is 0 Å². The minimum Gasteiger partial charge on any atom is -0.383 e. The SMILES string of the molecule is C=CC(=O)N(CCNc1ncnc(N)c1C(=N)c1ccc(C(N)=O)cc1)Cc1ccccc1. The van der Waals surface area contributed by atoms with Crippen molar-refractivity contribution < 1.29 is 9.59 Å². The molecule has 0 bridgehead atoms. The summed E-state index contributed by atoms with van der Waals surface area (Å²) in [6.45, 7) is 4.77. The topological polar surface area (TPSA) is 151 Å². The van der Waals surface area contributed by atoms with Crippen molar-refractivity contribution in [2.75, 3.05) is 24.1 Å². The Morgan fingerprint density at radius 1 is 1.06 bits per heavy atom. The van der Waals surface area contributed by atoms with Gasteiger partial charge in [0.05, 0.1) is 11.3 Å². The Kier molecular flexibility index (Phi) is 7.48. The standard InChI is InChI=1S/C24H25N7O2/c1-2-19(32)31(14-16-6-4-3-5-7-16)13-12-28-24-20(22(26)29-15-30-24)21(25)17-8-10-18(11-9-17)23(27)33/h2-11,15,25H,1,12-14H2,(H2,27,33)(H3,26,28,29,30). The zero-order valence-electron chi connectivity index (χ0n) is 18.0. The summed E-state index contributed by atoms with van der Waals surface area (Å²) in [5, 5.41) is 11.8. The van der Waals surface area contributed by atoms with Crippen LogP contribution < -0.4 is 16.8 Å². The maximum Gasteiger partial charge on any atom is 0.248 e. The van der Waals surface area contributed by atoms with Gasteiger partial charge in [0.15, 0.2) is 0 Å². The first-order valence-corrected chi connectivity index (χ1v) is 10.2. The van der Waals surface area contributed by atoms with Gasteiger partial charge >= 0.3 is 0 Å². The van der Waals surface area contributed by atoms with E-state index in [0.717, 1.165) is 5.56 Å². The van der Waals surface area contributed by atoms with E-state index in [9.17, 15) is 9.59 Å². The first-order valence-electron chi connectivity index (χ1n) is 10.2. The van der Waals surface area contributed by atoms with Gasteiger partial charge in [0, 0.05) is 30.8 Å². The summed E-state index contributed by atoms with van der Waals surface area (Å²) in [6.07, 6.45) is 2.59. The summed E-state index contributed by atoms with van der Waals surface area (Å²) in [6, 6.07) is 16.0. The number of primary amides is 1. The third-order valence-electron chi connectivity index (χ3n) is 4.96. The molecule has 2 aromatic carbocycles. The van der Waals surface area contributed by atoms with Gasteiger partial charge < -0.3 is 21.7 Å². The average molecular weight is 444 g/mol. The quantitative estimate of drug-likeness (QED) is 0.278. The number of nitrogen functional groups attached to an aromatic ring is 1. The second-order valence-electron chi connectivity index (χ2n) is 7.18. The van der Waals surface area contributed by atoms with Crippen molar-refractivity contribution in [3.05, 3.63) is 95.8 Å². The van der Waals surface area contributed by atoms with E-state index in [1.165, 1.54) is 12.4 Å². The fraction of sp³-hybridized carbons (Fsp3) is 0.125. The van der Waals surface area contributed by atoms with Crippen LogP contribution in [0.4, 0.5) is 11.6 Å². The van der Waals surface area contributed by atoms with Crippen LogP contribution in [0, 0.1) is 5.41 Å². The Bertz CT molecular complexity index is 1160. The van der Waals surface area contributed by atoms with Crippen molar-refractivity contribution in [1.82, 2.24) is 14.9 Å². The van der Waals surface area contributed by atoms with E-state index in [0.29, 0.717) is 42.1 Å². The first kappa shape index (κ1) is 23.1. The number of carbonyl (C=O) groups excluding carboxylic acids is 2. The first-order chi connectivity index (χ1) is 15.9. The van der Waals surface area contributed by atoms with E-state index in [2.05, 4.69) is 21.9 Å². The molecule has 0 aliphatic heterocycles. The lowest BCUT2D eigenvalue weighted by Gasteiger charge is -2.22. The van der Waals surface area contributed by atoms with Gasteiger partial charge in [0.25, 0.3) is 0 Å². The molecule has 0 unspecified atom stereocenters. The maximum absolute atomic E-state index is 12.3. The molecule has 168 valence electrons. The number of carbonyl (C=O) groups is 2. The molecule has 1 heterocycles. The number of nitrogens with zero attached hydrogens (tertiary/aromatic N) is 3. The molecule has 33 heavy (non-hydrogen) atoms. The number of nitrogens with one attached hydrogen (secondary N) is 2. The fourth-order valence-electron chi connectivity index (χ4n) is 3.23. The Morgan fingerprint density at radius 2 is 1.73 bits per heavy atom. The Hall–Kier alpha value is -4.53. The third-order valence-corrected chi connectivity index (χ3v) is 4.96. The van der Waals surface area contributed by atoms with Gasteiger partial charge in [0.2, 0.25) is 11.8 Å². The summed E-state index contributed by atoms with van der Waals surface area (Å²) in [5.74, 6) is -0.227. The number of benzene rings is 2. The van der Waals surface area contributed by atoms with Gasteiger partial charge in [-0.1, -0.05) is 49.0 Å². The van der Waals surface area contributed by atoms with E-state index in [1.807, 2.05) is 30.3 Å². The number of aromatic nitrogens is 2. The molecule has 9 nitrogen and oxygen atoms in total. The number of nitrogens with two attached hydrogens (primary N) is 2. The third kappa shape index (κ3) is 5.79. The lowest BCUT2D eigenvalue weighted by atomic mass is 10.0. The molecule has 0 saturated heterocycles. The van der Waals surface area contributed by atoms with Crippen molar-refractivity contribution in [2.24, 2.45) is 5.73 Å². The van der Waals surface area contributed by atoms with Crippen LogP contribution in [0.1, 0.15) is 27.0 Å². The highest BCUT2D eigenvalue weighted by molar-refractivity contribution is 6.16. The predicted molar refractivity (Wildman–Crippen MR) is 128 cm³/mol. The number of hydrogen-bond donors (Lipinski definition) is 4. The van der Waals surface area contributed by atoms with Gasteiger partial charge in [-0.05, 0) is 23.8 Å². The van der Waals surface area contributed by atoms with Gasteiger partial charge in [-0.15, -0.1) is 0 Å². The van der Waals surface area contributed by atoms with Crippen LogP contribution in [0.2, 0.25) is 0 Å². The Morgan fingerprint density at radius 3 is 2.36 bits per heavy atom. The number of anilines is 2. The highest BCUT2D eigenvalue weighted by Crippen LogP contribution is 2.22. The van der Waals surface area contributed by atoms with E-state index >= 15 is 0 Å². The molecule has 6 N–H and O–H groups in total. The molecule has 3 rings (SSSR count). The van der Waals surface area contributed by atoms with Crippen LogP contribution in [0.5, 0.6) is 0 Å². The minimum atomic E-state index is -0.549. The molecule has 1 aromatic heterocycles. The molecule has 0 saturated carbocycles. The van der Waals surface area contributed by atoms with E-state index in [1.54, 1.807) is 29.2 Å². The lowest BCUT2D eigenvalue weighted by molar-refractivity contribution is -0.126. The van der Waals surface area contributed by atoms with Crippen molar-refractivity contribution in [2.45, 2.75) is 6.54 Å². The fourth-order valence-corrected chi connectivity index (χ4v) is 3.23. The number of rotatable bonds is 10. The van der Waals surface area contributed by atoms with Gasteiger partial charge in [-0.3, -0.25) is 15.0 Å². The van der Waals surface area contributed by atoms with Crippen LogP contribution in [0.15, 0.2) is 73.6 Å². The van der Waals surface area contributed by atoms with Crippen LogP contribution in [0.3, 0.4) is 0 Å². The summed E-state index contributed by atoms with van der Waals surface area (Å²) in [4.78, 5) is 33.5. The Balaban J connectivity index is 1.75. The second-order valence-corrected chi connectivity index (χ2v) is 7.18. The molecule has 0 fully saturated rings. The van der Waals surface area contributed by atoms with Crippen molar-refractivity contribution in [1.29, 1.82) is 5.41 Å². The van der Waals surface area contributed by atoms with Gasteiger partial charge in [0.1, 0.15) is 18.0 Å². The smallest absolute Gasteiger partial charge is 0.248 e.